The van der Waals surface area contributed by atoms with Crippen LogP contribution in [0.2, 0.25) is 0 Å². The Morgan fingerprint density at radius 1 is 1.53 bits per heavy atom. The second-order valence-corrected chi connectivity index (χ2v) is 5.41. The Hall–Kier alpha value is -0.330. The van der Waals surface area contributed by atoms with E-state index in [9.17, 15) is 4.79 Å². The highest BCUT2D eigenvalue weighted by Gasteiger charge is 2.31. The fourth-order valence-corrected chi connectivity index (χ4v) is 2.29. The van der Waals surface area contributed by atoms with Gasteiger partial charge in [0, 0.05) is 21.7 Å². The maximum atomic E-state index is 11.9. The van der Waals surface area contributed by atoms with E-state index in [1.54, 1.807) is 0 Å². The van der Waals surface area contributed by atoms with E-state index >= 15 is 0 Å². The lowest BCUT2D eigenvalue weighted by Gasteiger charge is -2.15. The molecule has 1 saturated carbocycles. The Morgan fingerprint density at radius 3 is 2.76 bits per heavy atom. The SMILES string of the molecule is Cl.NCC(NC(=O)c1cccc(I)c1)C1CC1. The van der Waals surface area contributed by atoms with Crippen molar-refractivity contribution in [2.75, 3.05) is 6.54 Å². The van der Waals surface area contributed by atoms with Crippen LogP contribution in [-0.2, 0) is 0 Å². The maximum absolute atomic E-state index is 11.9. The highest BCUT2D eigenvalue weighted by atomic mass is 127. The van der Waals surface area contributed by atoms with Crippen LogP contribution in [0.3, 0.4) is 0 Å². The summed E-state index contributed by atoms with van der Waals surface area (Å²) >= 11 is 2.20. The van der Waals surface area contributed by atoms with Crippen molar-refractivity contribution < 1.29 is 4.79 Å². The highest BCUT2D eigenvalue weighted by molar-refractivity contribution is 14.1. The van der Waals surface area contributed by atoms with Gasteiger partial charge in [-0.05, 0) is 59.5 Å². The Kier molecular flexibility index (Phi) is 5.69. The summed E-state index contributed by atoms with van der Waals surface area (Å²) in [5.41, 5.74) is 6.37. The molecule has 1 atom stereocenters. The van der Waals surface area contributed by atoms with E-state index in [4.69, 9.17) is 5.73 Å². The van der Waals surface area contributed by atoms with Crippen molar-refractivity contribution in [1.82, 2.24) is 5.32 Å². The van der Waals surface area contributed by atoms with E-state index in [-0.39, 0.29) is 24.4 Å². The topological polar surface area (TPSA) is 55.1 Å². The van der Waals surface area contributed by atoms with Gasteiger partial charge in [0.1, 0.15) is 0 Å². The van der Waals surface area contributed by atoms with Crippen LogP contribution in [-0.4, -0.2) is 18.5 Å². The predicted molar refractivity (Wildman–Crippen MR) is 79.4 cm³/mol. The minimum absolute atomic E-state index is 0. The summed E-state index contributed by atoms with van der Waals surface area (Å²) in [6, 6.07) is 7.73. The third-order valence-corrected chi connectivity index (χ3v) is 3.52. The molecule has 0 aliphatic heterocycles. The quantitative estimate of drug-likeness (QED) is 0.803. The molecule has 0 aromatic heterocycles. The minimum Gasteiger partial charge on any atom is -0.348 e. The second kappa shape index (κ2) is 6.56. The van der Waals surface area contributed by atoms with Gasteiger partial charge in [0.15, 0.2) is 0 Å². The van der Waals surface area contributed by atoms with Crippen LogP contribution in [0.4, 0.5) is 0 Å². The van der Waals surface area contributed by atoms with Crippen LogP contribution < -0.4 is 11.1 Å². The van der Waals surface area contributed by atoms with Crippen molar-refractivity contribution in [1.29, 1.82) is 0 Å². The number of benzene rings is 1. The molecule has 1 aliphatic carbocycles. The van der Waals surface area contributed by atoms with E-state index < -0.39 is 0 Å². The molecule has 1 aromatic carbocycles. The van der Waals surface area contributed by atoms with Gasteiger partial charge in [-0.2, -0.15) is 0 Å². The van der Waals surface area contributed by atoms with Gasteiger partial charge in [0.25, 0.3) is 5.91 Å². The van der Waals surface area contributed by atoms with Gasteiger partial charge < -0.3 is 11.1 Å². The Balaban J connectivity index is 0.00000144. The number of halogens is 2. The van der Waals surface area contributed by atoms with Crippen LogP contribution in [0.15, 0.2) is 24.3 Å². The van der Waals surface area contributed by atoms with Crippen LogP contribution in [0.1, 0.15) is 23.2 Å². The molecule has 1 amide bonds. The normalized spacial score (nSPS) is 15.9. The Bertz CT molecular complexity index is 396. The van der Waals surface area contributed by atoms with Gasteiger partial charge in [-0.1, -0.05) is 6.07 Å². The number of nitrogens with two attached hydrogens (primary N) is 1. The molecule has 0 bridgehead atoms. The Morgan fingerprint density at radius 2 is 2.24 bits per heavy atom. The molecule has 3 nitrogen and oxygen atoms in total. The third kappa shape index (κ3) is 4.12. The lowest BCUT2D eigenvalue weighted by molar-refractivity contribution is 0.0933. The zero-order valence-electron chi connectivity index (χ0n) is 9.36. The van der Waals surface area contributed by atoms with E-state index in [0.29, 0.717) is 18.0 Å². The first kappa shape index (κ1) is 14.7. The molecule has 1 aromatic rings. The summed E-state index contributed by atoms with van der Waals surface area (Å²) in [4.78, 5) is 11.9. The summed E-state index contributed by atoms with van der Waals surface area (Å²) < 4.78 is 1.07. The number of hydrogen-bond acceptors (Lipinski definition) is 2. The molecule has 0 saturated heterocycles. The van der Waals surface area contributed by atoms with E-state index in [0.717, 1.165) is 3.57 Å². The van der Waals surface area contributed by atoms with Gasteiger partial charge in [-0.15, -0.1) is 12.4 Å². The number of nitrogens with one attached hydrogen (secondary N) is 1. The molecule has 17 heavy (non-hydrogen) atoms. The monoisotopic (exact) mass is 366 g/mol. The predicted octanol–water partition coefficient (Wildman–Crippen LogP) is 2.18. The molecule has 2 rings (SSSR count). The van der Waals surface area contributed by atoms with Crippen molar-refractivity contribution >= 4 is 40.9 Å². The van der Waals surface area contributed by atoms with Crippen molar-refractivity contribution in [3.8, 4) is 0 Å². The summed E-state index contributed by atoms with van der Waals surface area (Å²) in [7, 11) is 0. The van der Waals surface area contributed by atoms with Gasteiger partial charge in [-0.3, -0.25) is 4.79 Å². The van der Waals surface area contributed by atoms with Gasteiger partial charge in [-0.25, -0.2) is 0 Å². The van der Waals surface area contributed by atoms with Crippen LogP contribution in [0.25, 0.3) is 0 Å². The molecule has 1 aliphatic rings. The van der Waals surface area contributed by atoms with Crippen molar-refractivity contribution in [2.45, 2.75) is 18.9 Å². The summed E-state index contributed by atoms with van der Waals surface area (Å²) in [6.45, 7) is 0.528. The molecule has 1 unspecified atom stereocenters. The average Bonchev–Trinajstić information content (AvgIpc) is 3.09. The van der Waals surface area contributed by atoms with E-state index in [2.05, 4.69) is 27.9 Å². The van der Waals surface area contributed by atoms with Crippen molar-refractivity contribution in [3.05, 3.63) is 33.4 Å². The Labute approximate surface area is 121 Å². The fourth-order valence-electron chi connectivity index (χ4n) is 1.75. The fraction of sp³-hybridized carbons (Fsp3) is 0.417. The van der Waals surface area contributed by atoms with Gasteiger partial charge >= 0.3 is 0 Å². The van der Waals surface area contributed by atoms with E-state index in [1.165, 1.54) is 12.8 Å². The highest BCUT2D eigenvalue weighted by Crippen LogP contribution is 2.32. The number of carbonyl (C=O) groups is 1. The van der Waals surface area contributed by atoms with Crippen LogP contribution in [0.5, 0.6) is 0 Å². The van der Waals surface area contributed by atoms with Gasteiger partial charge in [0.05, 0.1) is 0 Å². The lowest BCUT2D eigenvalue weighted by atomic mass is 10.1. The first-order valence-electron chi connectivity index (χ1n) is 5.47. The van der Waals surface area contributed by atoms with Crippen molar-refractivity contribution in [2.24, 2.45) is 11.7 Å². The molecule has 3 N–H and O–H groups in total. The van der Waals surface area contributed by atoms with Gasteiger partial charge in [0.2, 0.25) is 0 Å². The summed E-state index contributed by atoms with van der Waals surface area (Å²) in [5.74, 6) is 0.581. The molecule has 94 valence electrons. The summed E-state index contributed by atoms with van der Waals surface area (Å²) in [5, 5.41) is 3.00. The largest absolute Gasteiger partial charge is 0.348 e. The zero-order chi connectivity index (χ0) is 11.5. The molecule has 1 fully saturated rings. The summed E-state index contributed by atoms with van der Waals surface area (Å²) in [6.07, 6.45) is 2.38. The van der Waals surface area contributed by atoms with Crippen LogP contribution in [0, 0.1) is 9.49 Å². The number of amides is 1. The third-order valence-electron chi connectivity index (χ3n) is 2.85. The van der Waals surface area contributed by atoms with Crippen molar-refractivity contribution in [3.63, 3.8) is 0 Å². The lowest BCUT2D eigenvalue weighted by Crippen LogP contribution is -2.41. The number of carbonyl (C=O) groups excluding carboxylic acids is 1. The zero-order valence-corrected chi connectivity index (χ0v) is 12.3. The molecular weight excluding hydrogens is 351 g/mol. The first-order valence-corrected chi connectivity index (χ1v) is 6.55. The molecular formula is C12H16ClIN2O. The minimum atomic E-state index is -0.0131. The first-order chi connectivity index (χ1) is 7.70. The molecule has 0 spiro atoms. The molecule has 5 heteroatoms. The smallest absolute Gasteiger partial charge is 0.251 e. The van der Waals surface area contributed by atoms with Crippen LogP contribution >= 0.6 is 35.0 Å². The average molecular weight is 367 g/mol. The van der Waals surface area contributed by atoms with E-state index in [1.807, 2.05) is 24.3 Å². The number of rotatable bonds is 4. The molecule has 0 heterocycles. The molecule has 0 radical (unpaired) electrons. The maximum Gasteiger partial charge on any atom is 0.251 e. The standard InChI is InChI=1S/C12H15IN2O.ClH/c13-10-3-1-2-9(6-10)12(16)15-11(7-14)8-4-5-8;/h1-3,6,8,11H,4-5,7,14H2,(H,15,16);1H. The second-order valence-electron chi connectivity index (χ2n) is 4.16. The number of hydrogen-bond donors (Lipinski definition) is 2.